The minimum atomic E-state index is 0.694. The van der Waals surface area contributed by atoms with Crippen molar-refractivity contribution in [2.24, 2.45) is 7.05 Å². The van der Waals surface area contributed by atoms with Crippen LogP contribution in [-0.2, 0) is 7.05 Å². The van der Waals surface area contributed by atoms with Crippen LogP contribution >= 0.6 is 0 Å². The molecule has 1 N–H and O–H groups in total. The fourth-order valence-electron chi connectivity index (χ4n) is 2.32. The van der Waals surface area contributed by atoms with E-state index in [2.05, 4.69) is 20.4 Å². The molecule has 0 atom stereocenters. The first kappa shape index (κ1) is 13.3. The Morgan fingerprint density at radius 3 is 2.48 bits per heavy atom. The highest BCUT2D eigenvalue weighted by Gasteiger charge is 2.14. The molecule has 0 aliphatic rings. The largest absolute Gasteiger partial charge is 0.340 e. The van der Waals surface area contributed by atoms with Crippen LogP contribution in [0.3, 0.4) is 0 Å². The highest BCUT2D eigenvalue weighted by Crippen LogP contribution is 2.24. The van der Waals surface area contributed by atoms with Crippen LogP contribution in [0, 0.1) is 13.8 Å². The van der Waals surface area contributed by atoms with Crippen molar-refractivity contribution in [3.8, 4) is 11.4 Å². The SMILES string of the molecule is Cc1nn(C)c(C)c1-c1nccc(Nc2ccccc2)n1. The molecular formula is C16H17N5. The van der Waals surface area contributed by atoms with E-state index in [1.54, 1.807) is 6.20 Å². The van der Waals surface area contributed by atoms with Gasteiger partial charge >= 0.3 is 0 Å². The van der Waals surface area contributed by atoms with Gasteiger partial charge in [-0.15, -0.1) is 0 Å². The minimum Gasteiger partial charge on any atom is -0.340 e. The topological polar surface area (TPSA) is 55.6 Å². The lowest BCUT2D eigenvalue weighted by Crippen LogP contribution is -1.98. The van der Waals surface area contributed by atoms with Gasteiger partial charge in [0.2, 0.25) is 0 Å². The molecule has 1 aromatic carbocycles. The number of nitrogens with zero attached hydrogens (tertiary/aromatic N) is 4. The molecule has 0 bridgehead atoms. The second kappa shape index (κ2) is 5.36. The Morgan fingerprint density at radius 2 is 1.81 bits per heavy atom. The lowest BCUT2D eigenvalue weighted by Gasteiger charge is -2.07. The van der Waals surface area contributed by atoms with Crippen molar-refractivity contribution in [3.63, 3.8) is 0 Å². The summed E-state index contributed by atoms with van der Waals surface area (Å²) in [4.78, 5) is 8.98. The quantitative estimate of drug-likeness (QED) is 0.799. The predicted octanol–water partition coefficient (Wildman–Crippen LogP) is 3.24. The summed E-state index contributed by atoms with van der Waals surface area (Å²) < 4.78 is 1.85. The van der Waals surface area contributed by atoms with Crippen molar-refractivity contribution in [1.82, 2.24) is 19.7 Å². The van der Waals surface area contributed by atoms with Gasteiger partial charge in [0.1, 0.15) is 5.82 Å². The van der Waals surface area contributed by atoms with Gasteiger partial charge < -0.3 is 5.32 Å². The van der Waals surface area contributed by atoms with Crippen LogP contribution in [0.5, 0.6) is 0 Å². The second-order valence-electron chi connectivity index (χ2n) is 4.93. The van der Waals surface area contributed by atoms with Crippen molar-refractivity contribution in [1.29, 1.82) is 0 Å². The van der Waals surface area contributed by atoms with Gasteiger partial charge in [0, 0.05) is 24.6 Å². The average molecular weight is 279 g/mol. The zero-order valence-electron chi connectivity index (χ0n) is 12.3. The molecule has 3 aromatic rings. The van der Waals surface area contributed by atoms with Crippen molar-refractivity contribution < 1.29 is 0 Å². The van der Waals surface area contributed by atoms with E-state index in [1.165, 1.54) is 0 Å². The molecule has 2 heterocycles. The highest BCUT2D eigenvalue weighted by molar-refractivity contribution is 5.64. The van der Waals surface area contributed by atoms with Crippen molar-refractivity contribution in [2.45, 2.75) is 13.8 Å². The number of aromatic nitrogens is 4. The van der Waals surface area contributed by atoms with Gasteiger partial charge in [-0.05, 0) is 32.0 Å². The van der Waals surface area contributed by atoms with Gasteiger partial charge in [-0.2, -0.15) is 5.10 Å². The van der Waals surface area contributed by atoms with Crippen molar-refractivity contribution in [3.05, 3.63) is 54.0 Å². The molecule has 0 fully saturated rings. The Labute approximate surface area is 123 Å². The Bertz CT molecular complexity index is 762. The first-order chi connectivity index (χ1) is 10.1. The molecule has 5 heteroatoms. The summed E-state index contributed by atoms with van der Waals surface area (Å²) in [6.45, 7) is 4.00. The van der Waals surface area contributed by atoms with E-state index in [0.717, 1.165) is 28.5 Å². The normalized spacial score (nSPS) is 10.6. The molecule has 0 spiro atoms. The van der Waals surface area contributed by atoms with E-state index >= 15 is 0 Å². The van der Waals surface area contributed by atoms with E-state index in [1.807, 2.05) is 62.0 Å². The number of anilines is 2. The number of hydrogen-bond acceptors (Lipinski definition) is 4. The molecule has 0 saturated heterocycles. The van der Waals surface area contributed by atoms with Gasteiger partial charge in [-0.3, -0.25) is 4.68 Å². The second-order valence-corrected chi connectivity index (χ2v) is 4.93. The van der Waals surface area contributed by atoms with E-state index in [0.29, 0.717) is 5.82 Å². The lowest BCUT2D eigenvalue weighted by atomic mass is 10.2. The van der Waals surface area contributed by atoms with Crippen LogP contribution in [0.15, 0.2) is 42.6 Å². The summed E-state index contributed by atoms with van der Waals surface area (Å²) in [7, 11) is 1.93. The maximum absolute atomic E-state index is 4.60. The maximum atomic E-state index is 4.60. The summed E-state index contributed by atoms with van der Waals surface area (Å²) in [5.74, 6) is 1.47. The molecule has 2 aromatic heterocycles. The van der Waals surface area contributed by atoms with Crippen LogP contribution in [0.1, 0.15) is 11.4 Å². The Balaban J connectivity index is 1.97. The zero-order chi connectivity index (χ0) is 14.8. The molecule has 0 radical (unpaired) electrons. The van der Waals surface area contributed by atoms with Gasteiger partial charge in [-0.25, -0.2) is 9.97 Å². The first-order valence-electron chi connectivity index (χ1n) is 6.81. The van der Waals surface area contributed by atoms with E-state index < -0.39 is 0 Å². The van der Waals surface area contributed by atoms with Crippen LogP contribution in [-0.4, -0.2) is 19.7 Å². The standard InChI is InChI=1S/C16H17N5/c1-11-15(12(2)21(3)20-11)16-17-10-9-14(19-16)18-13-7-5-4-6-8-13/h4-10H,1-3H3,(H,17,18,19). The van der Waals surface area contributed by atoms with Crippen LogP contribution in [0.2, 0.25) is 0 Å². The summed E-state index contributed by atoms with van der Waals surface area (Å²) in [6.07, 6.45) is 1.76. The van der Waals surface area contributed by atoms with Crippen LogP contribution in [0.4, 0.5) is 11.5 Å². The third-order valence-corrected chi connectivity index (χ3v) is 3.43. The van der Waals surface area contributed by atoms with Gasteiger partial charge in [0.25, 0.3) is 0 Å². The number of aryl methyl sites for hydroxylation is 2. The number of para-hydroxylation sites is 1. The van der Waals surface area contributed by atoms with E-state index in [9.17, 15) is 0 Å². The summed E-state index contributed by atoms with van der Waals surface area (Å²) in [6, 6.07) is 11.8. The van der Waals surface area contributed by atoms with Gasteiger partial charge in [0.15, 0.2) is 5.82 Å². The molecule has 0 amide bonds. The van der Waals surface area contributed by atoms with Crippen LogP contribution < -0.4 is 5.32 Å². The fourth-order valence-corrected chi connectivity index (χ4v) is 2.32. The smallest absolute Gasteiger partial charge is 0.165 e. The Kier molecular flexibility index (Phi) is 3.39. The summed E-state index contributed by atoms with van der Waals surface area (Å²) in [5.41, 5.74) is 3.99. The predicted molar refractivity (Wildman–Crippen MR) is 83.4 cm³/mol. The maximum Gasteiger partial charge on any atom is 0.165 e. The van der Waals surface area contributed by atoms with E-state index in [4.69, 9.17) is 0 Å². The average Bonchev–Trinajstić information content (AvgIpc) is 2.73. The lowest BCUT2D eigenvalue weighted by molar-refractivity contribution is 0.731. The molecule has 0 saturated carbocycles. The van der Waals surface area contributed by atoms with Crippen LogP contribution in [0.25, 0.3) is 11.4 Å². The van der Waals surface area contributed by atoms with Crippen molar-refractivity contribution >= 4 is 11.5 Å². The molecule has 21 heavy (non-hydrogen) atoms. The molecule has 3 rings (SSSR count). The Morgan fingerprint density at radius 1 is 1.05 bits per heavy atom. The number of benzene rings is 1. The van der Waals surface area contributed by atoms with E-state index in [-0.39, 0.29) is 0 Å². The van der Waals surface area contributed by atoms with Gasteiger partial charge in [-0.1, -0.05) is 18.2 Å². The molecule has 106 valence electrons. The minimum absolute atomic E-state index is 0.694. The third-order valence-electron chi connectivity index (χ3n) is 3.43. The number of nitrogens with one attached hydrogen (secondary N) is 1. The molecule has 0 aliphatic heterocycles. The summed E-state index contributed by atoms with van der Waals surface area (Å²) >= 11 is 0. The van der Waals surface area contributed by atoms with Crippen molar-refractivity contribution in [2.75, 3.05) is 5.32 Å². The number of rotatable bonds is 3. The third kappa shape index (κ3) is 2.63. The number of hydrogen-bond donors (Lipinski definition) is 1. The van der Waals surface area contributed by atoms with Gasteiger partial charge in [0.05, 0.1) is 11.3 Å². The zero-order valence-corrected chi connectivity index (χ0v) is 12.3. The fraction of sp³-hybridized carbons (Fsp3) is 0.188. The summed E-state index contributed by atoms with van der Waals surface area (Å²) in [5, 5.41) is 7.70. The molecule has 0 unspecified atom stereocenters. The molecule has 5 nitrogen and oxygen atoms in total. The molecule has 0 aliphatic carbocycles. The highest BCUT2D eigenvalue weighted by atomic mass is 15.3. The Hall–Kier alpha value is -2.69. The first-order valence-corrected chi connectivity index (χ1v) is 6.81. The monoisotopic (exact) mass is 279 g/mol. The molecular weight excluding hydrogens is 262 g/mol.